The molecule has 6 nitrogen and oxygen atoms in total. The minimum Gasteiger partial charge on any atom is -0.493 e. The minimum absolute atomic E-state index is 0.201. The van der Waals surface area contributed by atoms with Crippen molar-refractivity contribution in [3.63, 3.8) is 0 Å². The number of aryl methyl sites for hydroxylation is 3. The second kappa shape index (κ2) is 8.75. The van der Waals surface area contributed by atoms with Crippen LogP contribution in [0.5, 0.6) is 11.5 Å². The van der Waals surface area contributed by atoms with E-state index in [1.165, 1.54) is 0 Å². The SMILES string of the molecule is COc1cc2nc(-c3ccc(C)o3)cc(C(=O)NCc3cc(C)cc(C)c3)c2cc1OC. The van der Waals surface area contributed by atoms with Gasteiger partial charge in [0.1, 0.15) is 11.5 Å². The third kappa shape index (κ3) is 4.30. The Balaban J connectivity index is 1.78. The minimum atomic E-state index is -0.201. The first-order chi connectivity index (χ1) is 15.4. The molecule has 0 saturated heterocycles. The van der Waals surface area contributed by atoms with Gasteiger partial charge in [-0.15, -0.1) is 0 Å². The fraction of sp³-hybridized carbons (Fsp3) is 0.231. The van der Waals surface area contributed by atoms with E-state index < -0.39 is 0 Å². The summed E-state index contributed by atoms with van der Waals surface area (Å²) < 4.78 is 16.6. The molecule has 6 heteroatoms. The summed E-state index contributed by atoms with van der Waals surface area (Å²) in [6.07, 6.45) is 0. The lowest BCUT2D eigenvalue weighted by molar-refractivity contribution is 0.0952. The van der Waals surface area contributed by atoms with E-state index in [1.54, 1.807) is 32.4 Å². The molecule has 2 aromatic carbocycles. The normalized spacial score (nSPS) is 10.9. The number of furan rings is 1. The van der Waals surface area contributed by atoms with Crippen LogP contribution in [-0.2, 0) is 6.54 Å². The van der Waals surface area contributed by atoms with E-state index in [1.807, 2.05) is 32.9 Å². The van der Waals surface area contributed by atoms with Crippen molar-refractivity contribution in [3.8, 4) is 23.0 Å². The van der Waals surface area contributed by atoms with E-state index in [4.69, 9.17) is 18.9 Å². The van der Waals surface area contributed by atoms with Crippen molar-refractivity contribution >= 4 is 16.8 Å². The van der Waals surface area contributed by atoms with Crippen LogP contribution in [0, 0.1) is 20.8 Å². The van der Waals surface area contributed by atoms with Crippen LogP contribution in [0.1, 0.15) is 32.8 Å². The van der Waals surface area contributed by atoms with Gasteiger partial charge in [0.2, 0.25) is 0 Å². The van der Waals surface area contributed by atoms with Crippen molar-refractivity contribution in [2.75, 3.05) is 14.2 Å². The zero-order chi connectivity index (χ0) is 22.8. The van der Waals surface area contributed by atoms with Crippen molar-refractivity contribution in [3.05, 3.63) is 76.5 Å². The van der Waals surface area contributed by atoms with Gasteiger partial charge in [0, 0.05) is 18.0 Å². The van der Waals surface area contributed by atoms with Crippen LogP contribution in [0.15, 0.2) is 52.9 Å². The van der Waals surface area contributed by atoms with Crippen LogP contribution in [0.25, 0.3) is 22.4 Å². The summed E-state index contributed by atoms with van der Waals surface area (Å²) in [5.74, 6) is 2.25. The molecule has 0 aliphatic rings. The molecular weight excluding hydrogens is 404 g/mol. The molecular formula is C26H26N2O4. The second-order valence-corrected chi connectivity index (χ2v) is 7.87. The first-order valence-corrected chi connectivity index (χ1v) is 10.4. The van der Waals surface area contributed by atoms with Gasteiger partial charge in [0.25, 0.3) is 5.91 Å². The Morgan fingerprint density at radius 3 is 2.25 bits per heavy atom. The quantitative estimate of drug-likeness (QED) is 0.445. The van der Waals surface area contributed by atoms with Crippen molar-refractivity contribution in [1.82, 2.24) is 10.3 Å². The number of methoxy groups -OCH3 is 2. The standard InChI is InChI=1S/C26H26N2O4/c1-15-8-16(2)10-18(9-15)14-27-26(29)20-11-22(23-7-6-17(3)32-23)28-21-13-25(31-5)24(30-4)12-19(20)21/h6-13H,14H2,1-5H3,(H,27,29). The largest absolute Gasteiger partial charge is 0.493 e. The summed E-state index contributed by atoms with van der Waals surface area (Å²) in [5.41, 5.74) is 5.06. The third-order valence-corrected chi connectivity index (χ3v) is 5.29. The van der Waals surface area contributed by atoms with Crippen LogP contribution in [-0.4, -0.2) is 25.1 Å². The number of nitrogens with zero attached hydrogens (tertiary/aromatic N) is 1. The van der Waals surface area contributed by atoms with Gasteiger partial charge in [-0.05, 0) is 50.6 Å². The number of carbonyl (C=O) groups excluding carboxylic acids is 1. The average Bonchev–Trinajstić information content (AvgIpc) is 3.21. The van der Waals surface area contributed by atoms with Gasteiger partial charge in [-0.25, -0.2) is 4.98 Å². The zero-order valence-corrected chi connectivity index (χ0v) is 18.9. The lowest BCUT2D eigenvalue weighted by atomic mass is 10.0. The molecule has 0 bridgehead atoms. The fourth-order valence-electron chi connectivity index (χ4n) is 3.89. The highest BCUT2D eigenvalue weighted by Gasteiger charge is 2.18. The van der Waals surface area contributed by atoms with Gasteiger partial charge in [-0.1, -0.05) is 29.3 Å². The second-order valence-electron chi connectivity index (χ2n) is 7.87. The fourth-order valence-corrected chi connectivity index (χ4v) is 3.89. The lowest BCUT2D eigenvalue weighted by Gasteiger charge is -2.13. The zero-order valence-electron chi connectivity index (χ0n) is 18.9. The molecule has 4 rings (SSSR count). The third-order valence-electron chi connectivity index (χ3n) is 5.29. The number of rotatable bonds is 6. The molecule has 164 valence electrons. The molecule has 2 heterocycles. The molecule has 0 unspecified atom stereocenters. The van der Waals surface area contributed by atoms with E-state index >= 15 is 0 Å². The maximum absolute atomic E-state index is 13.3. The van der Waals surface area contributed by atoms with Gasteiger partial charge in [0.05, 0.1) is 25.3 Å². The van der Waals surface area contributed by atoms with Crippen molar-refractivity contribution in [2.45, 2.75) is 27.3 Å². The Hall–Kier alpha value is -3.80. The highest BCUT2D eigenvalue weighted by molar-refractivity contribution is 6.07. The average molecular weight is 431 g/mol. The van der Waals surface area contributed by atoms with Crippen molar-refractivity contribution in [1.29, 1.82) is 0 Å². The Bertz CT molecular complexity index is 1290. The summed E-state index contributed by atoms with van der Waals surface area (Å²) >= 11 is 0. The maximum atomic E-state index is 13.3. The predicted molar refractivity (Wildman–Crippen MR) is 124 cm³/mol. The maximum Gasteiger partial charge on any atom is 0.252 e. The molecule has 0 saturated carbocycles. The topological polar surface area (TPSA) is 73.6 Å². The molecule has 2 aromatic heterocycles. The number of pyridine rings is 1. The number of hydrogen-bond acceptors (Lipinski definition) is 5. The monoisotopic (exact) mass is 430 g/mol. The molecule has 0 aliphatic carbocycles. The number of benzene rings is 2. The van der Waals surface area contributed by atoms with Gasteiger partial charge < -0.3 is 19.2 Å². The van der Waals surface area contributed by atoms with Crippen LogP contribution < -0.4 is 14.8 Å². The number of hydrogen-bond donors (Lipinski definition) is 1. The van der Waals surface area contributed by atoms with Gasteiger partial charge >= 0.3 is 0 Å². The van der Waals surface area contributed by atoms with E-state index in [0.29, 0.717) is 46.0 Å². The number of nitrogens with one attached hydrogen (secondary N) is 1. The number of fused-ring (bicyclic) bond motifs is 1. The predicted octanol–water partition coefficient (Wildman–Crippen LogP) is 5.37. The number of ether oxygens (including phenoxy) is 2. The van der Waals surface area contributed by atoms with E-state index in [-0.39, 0.29) is 5.91 Å². The Morgan fingerprint density at radius 1 is 0.938 bits per heavy atom. The Morgan fingerprint density at radius 2 is 1.62 bits per heavy atom. The lowest BCUT2D eigenvalue weighted by Crippen LogP contribution is -2.23. The smallest absolute Gasteiger partial charge is 0.252 e. The van der Waals surface area contributed by atoms with E-state index in [2.05, 4.69) is 23.5 Å². The molecule has 1 amide bonds. The van der Waals surface area contributed by atoms with E-state index in [0.717, 1.165) is 22.5 Å². The highest BCUT2D eigenvalue weighted by atomic mass is 16.5. The first-order valence-electron chi connectivity index (χ1n) is 10.4. The Labute approximate surface area is 187 Å². The first kappa shape index (κ1) is 21.4. The molecule has 0 aliphatic heterocycles. The number of aromatic nitrogens is 1. The van der Waals surface area contributed by atoms with Crippen LogP contribution in [0.4, 0.5) is 0 Å². The van der Waals surface area contributed by atoms with E-state index in [9.17, 15) is 4.79 Å². The molecule has 4 aromatic rings. The van der Waals surface area contributed by atoms with Crippen molar-refractivity contribution in [2.24, 2.45) is 0 Å². The summed E-state index contributed by atoms with van der Waals surface area (Å²) in [7, 11) is 3.14. The van der Waals surface area contributed by atoms with Gasteiger partial charge in [0.15, 0.2) is 17.3 Å². The van der Waals surface area contributed by atoms with Gasteiger partial charge in [-0.3, -0.25) is 4.79 Å². The highest BCUT2D eigenvalue weighted by Crippen LogP contribution is 2.35. The van der Waals surface area contributed by atoms with Gasteiger partial charge in [-0.2, -0.15) is 0 Å². The number of carbonyl (C=O) groups is 1. The molecule has 32 heavy (non-hydrogen) atoms. The van der Waals surface area contributed by atoms with Crippen LogP contribution in [0.3, 0.4) is 0 Å². The van der Waals surface area contributed by atoms with Crippen molar-refractivity contribution < 1.29 is 18.7 Å². The summed E-state index contributed by atoms with van der Waals surface area (Å²) in [4.78, 5) is 18.0. The molecule has 0 radical (unpaired) electrons. The molecule has 0 fully saturated rings. The molecule has 0 spiro atoms. The molecule has 0 atom stereocenters. The van der Waals surface area contributed by atoms with Crippen LogP contribution in [0.2, 0.25) is 0 Å². The summed E-state index contributed by atoms with van der Waals surface area (Å²) in [6, 6.07) is 15.3. The number of amides is 1. The Kier molecular flexibility index (Phi) is 5.86. The summed E-state index contributed by atoms with van der Waals surface area (Å²) in [5, 5.41) is 3.72. The molecule has 1 N–H and O–H groups in total. The van der Waals surface area contributed by atoms with Crippen LogP contribution >= 0.6 is 0 Å². The summed E-state index contributed by atoms with van der Waals surface area (Å²) in [6.45, 7) is 6.39.